The fourth-order valence-electron chi connectivity index (χ4n) is 2.99. The van der Waals surface area contributed by atoms with Gasteiger partial charge in [0.15, 0.2) is 0 Å². The topological polar surface area (TPSA) is 72.6 Å². The Bertz CT molecular complexity index is 664. The molecule has 0 bridgehead atoms. The van der Waals surface area contributed by atoms with E-state index in [1.54, 1.807) is 7.11 Å². The van der Waals surface area contributed by atoms with Crippen molar-refractivity contribution in [3.8, 4) is 0 Å². The highest BCUT2D eigenvalue weighted by molar-refractivity contribution is 7.88. The van der Waals surface area contributed by atoms with Gasteiger partial charge in [-0.2, -0.15) is 17.5 Å². The van der Waals surface area contributed by atoms with Gasteiger partial charge in [-0.25, -0.2) is 8.42 Å². The minimum Gasteiger partial charge on any atom is -0.381 e. The zero-order valence-electron chi connectivity index (χ0n) is 13.3. The number of rotatable bonds is 5. The van der Waals surface area contributed by atoms with Crippen LogP contribution < -0.4 is 5.73 Å². The highest BCUT2D eigenvalue weighted by Gasteiger charge is 2.38. The van der Waals surface area contributed by atoms with Crippen molar-refractivity contribution in [2.45, 2.75) is 36.9 Å². The summed E-state index contributed by atoms with van der Waals surface area (Å²) in [5.74, 6) is -0.698. The number of nitrogens with zero attached hydrogens (tertiary/aromatic N) is 1. The molecule has 1 aromatic carbocycles. The first kappa shape index (κ1) is 19.2. The maximum absolute atomic E-state index is 13.1. The van der Waals surface area contributed by atoms with E-state index in [1.807, 2.05) is 0 Å². The van der Waals surface area contributed by atoms with Crippen LogP contribution in [0, 0.1) is 0 Å². The predicted molar refractivity (Wildman–Crippen MR) is 83.6 cm³/mol. The second-order valence-electron chi connectivity index (χ2n) is 5.79. The highest BCUT2D eigenvalue weighted by atomic mass is 32.2. The number of methoxy groups -OCH3 is 1. The molecule has 2 unspecified atom stereocenters. The summed E-state index contributed by atoms with van der Waals surface area (Å²) in [5.41, 5.74) is 4.48. The molecule has 0 radical (unpaired) electrons. The molecule has 2 rings (SSSR count). The van der Waals surface area contributed by atoms with Gasteiger partial charge in [0.2, 0.25) is 10.0 Å². The van der Waals surface area contributed by atoms with Crippen molar-refractivity contribution >= 4 is 10.0 Å². The Kier molecular flexibility index (Phi) is 5.90. The quantitative estimate of drug-likeness (QED) is 0.865. The fraction of sp³-hybridized carbons (Fsp3) is 0.600. The van der Waals surface area contributed by atoms with E-state index in [0.717, 1.165) is 6.07 Å². The van der Waals surface area contributed by atoms with E-state index in [2.05, 4.69) is 0 Å². The molecule has 0 aliphatic carbocycles. The lowest BCUT2D eigenvalue weighted by atomic mass is 10.0. The molecule has 24 heavy (non-hydrogen) atoms. The number of hydrogen-bond donors (Lipinski definition) is 1. The number of alkyl halides is 3. The third-order valence-electron chi connectivity index (χ3n) is 4.24. The van der Waals surface area contributed by atoms with Crippen LogP contribution in [0.25, 0.3) is 0 Å². The summed E-state index contributed by atoms with van der Waals surface area (Å²) in [6, 6.07) is 4.26. The molecule has 0 aromatic heterocycles. The number of sulfonamides is 1. The minimum atomic E-state index is -4.59. The van der Waals surface area contributed by atoms with Crippen LogP contribution in [0.3, 0.4) is 0 Å². The van der Waals surface area contributed by atoms with Gasteiger partial charge in [-0.3, -0.25) is 0 Å². The average Bonchev–Trinajstić information content (AvgIpc) is 2.53. The molecule has 5 nitrogen and oxygen atoms in total. The van der Waals surface area contributed by atoms with E-state index < -0.39 is 33.6 Å². The first-order valence-corrected chi connectivity index (χ1v) is 9.17. The normalized spacial score (nSPS) is 23.4. The third kappa shape index (κ3) is 4.27. The van der Waals surface area contributed by atoms with Gasteiger partial charge in [-0.15, -0.1) is 0 Å². The molecule has 1 aliphatic heterocycles. The number of halogens is 3. The zero-order chi connectivity index (χ0) is 18.0. The van der Waals surface area contributed by atoms with Crippen molar-refractivity contribution in [3.05, 3.63) is 35.4 Å². The van der Waals surface area contributed by atoms with E-state index in [4.69, 9.17) is 10.5 Å². The van der Waals surface area contributed by atoms with Gasteiger partial charge in [-0.1, -0.05) is 18.2 Å². The minimum absolute atomic E-state index is 0.0903. The summed E-state index contributed by atoms with van der Waals surface area (Å²) < 4.78 is 71.0. The van der Waals surface area contributed by atoms with Gasteiger partial charge < -0.3 is 10.5 Å². The number of nitrogens with two attached hydrogens (primary N) is 1. The zero-order valence-corrected chi connectivity index (χ0v) is 14.1. The standard InChI is InChI=1S/C15H21F3N2O3S/c1-23-13-6-7-20(12(8-13)9-19)24(21,22)10-11-4-2-3-5-14(11)15(16,17)18/h2-5,12-13H,6-10,19H2,1H3. The second-order valence-corrected chi connectivity index (χ2v) is 7.71. The van der Waals surface area contributed by atoms with Crippen LogP contribution in [0.5, 0.6) is 0 Å². The maximum atomic E-state index is 13.1. The highest BCUT2D eigenvalue weighted by Crippen LogP contribution is 2.33. The van der Waals surface area contributed by atoms with Gasteiger partial charge in [0.25, 0.3) is 0 Å². The Morgan fingerprint density at radius 3 is 2.58 bits per heavy atom. The molecule has 1 saturated heterocycles. The molecular weight excluding hydrogens is 345 g/mol. The van der Waals surface area contributed by atoms with Crippen molar-refractivity contribution in [3.63, 3.8) is 0 Å². The predicted octanol–water partition coefficient (Wildman–Crippen LogP) is 1.97. The molecule has 1 aromatic rings. The molecule has 1 heterocycles. The maximum Gasteiger partial charge on any atom is 0.416 e. The number of benzene rings is 1. The molecule has 2 N–H and O–H groups in total. The Hall–Kier alpha value is -1.16. The third-order valence-corrected chi connectivity index (χ3v) is 6.11. The number of piperidine rings is 1. The summed E-state index contributed by atoms with van der Waals surface area (Å²) >= 11 is 0. The second kappa shape index (κ2) is 7.38. The van der Waals surface area contributed by atoms with Crippen molar-refractivity contribution in [2.75, 3.05) is 20.2 Å². The molecule has 1 fully saturated rings. The van der Waals surface area contributed by atoms with Gasteiger partial charge in [-0.05, 0) is 24.5 Å². The summed E-state index contributed by atoms with van der Waals surface area (Å²) in [6.45, 7) is 0.289. The average molecular weight is 366 g/mol. The Balaban J connectivity index is 2.26. The molecule has 0 spiro atoms. The summed E-state index contributed by atoms with van der Waals surface area (Å²) in [5, 5.41) is 0. The lowest BCUT2D eigenvalue weighted by molar-refractivity contribution is -0.138. The fourth-order valence-corrected chi connectivity index (χ4v) is 4.81. The molecule has 9 heteroatoms. The Morgan fingerprint density at radius 1 is 1.33 bits per heavy atom. The molecular formula is C15H21F3N2O3S. The first-order chi connectivity index (χ1) is 11.2. The molecule has 0 amide bonds. The van der Waals surface area contributed by atoms with Crippen LogP contribution in [0.4, 0.5) is 13.2 Å². The first-order valence-electron chi connectivity index (χ1n) is 7.56. The number of hydrogen-bond acceptors (Lipinski definition) is 4. The Morgan fingerprint density at radius 2 is 2.00 bits per heavy atom. The van der Waals surface area contributed by atoms with Gasteiger partial charge >= 0.3 is 6.18 Å². The van der Waals surface area contributed by atoms with Crippen LogP contribution in [-0.4, -0.2) is 45.1 Å². The van der Waals surface area contributed by atoms with Crippen LogP contribution in [-0.2, 0) is 26.7 Å². The van der Waals surface area contributed by atoms with Crippen LogP contribution in [0.15, 0.2) is 24.3 Å². The van der Waals surface area contributed by atoms with Gasteiger partial charge in [0, 0.05) is 26.2 Å². The van der Waals surface area contributed by atoms with E-state index >= 15 is 0 Å². The SMILES string of the molecule is COC1CCN(S(=O)(=O)Cc2ccccc2C(F)(F)F)C(CN)C1. The van der Waals surface area contributed by atoms with E-state index in [0.29, 0.717) is 12.8 Å². The molecule has 2 atom stereocenters. The van der Waals surface area contributed by atoms with Crippen molar-refractivity contribution < 1.29 is 26.3 Å². The van der Waals surface area contributed by atoms with Crippen molar-refractivity contribution in [2.24, 2.45) is 5.73 Å². The number of ether oxygens (including phenoxy) is 1. The van der Waals surface area contributed by atoms with Crippen LogP contribution >= 0.6 is 0 Å². The van der Waals surface area contributed by atoms with Gasteiger partial charge in [0.05, 0.1) is 17.4 Å². The lowest BCUT2D eigenvalue weighted by Gasteiger charge is -2.37. The van der Waals surface area contributed by atoms with E-state index in [-0.39, 0.29) is 24.8 Å². The van der Waals surface area contributed by atoms with Crippen molar-refractivity contribution in [1.29, 1.82) is 0 Å². The largest absolute Gasteiger partial charge is 0.416 e. The van der Waals surface area contributed by atoms with Crippen molar-refractivity contribution in [1.82, 2.24) is 4.31 Å². The summed E-state index contributed by atoms with van der Waals surface area (Å²) in [6.07, 6.45) is -3.75. The lowest BCUT2D eigenvalue weighted by Crippen LogP contribution is -2.51. The van der Waals surface area contributed by atoms with E-state index in [1.165, 1.54) is 22.5 Å². The van der Waals surface area contributed by atoms with Crippen LogP contribution in [0.1, 0.15) is 24.0 Å². The summed E-state index contributed by atoms with van der Waals surface area (Å²) in [4.78, 5) is 0. The monoisotopic (exact) mass is 366 g/mol. The molecule has 0 saturated carbocycles. The molecule has 136 valence electrons. The van der Waals surface area contributed by atoms with E-state index in [9.17, 15) is 21.6 Å². The Labute approximate surface area is 139 Å². The summed E-state index contributed by atoms with van der Waals surface area (Å²) in [7, 11) is -2.37. The molecule has 1 aliphatic rings. The smallest absolute Gasteiger partial charge is 0.381 e. The van der Waals surface area contributed by atoms with Crippen LogP contribution in [0.2, 0.25) is 0 Å². The van der Waals surface area contributed by atoms with Gasteiger partial charge in [0.1, 0.15) is 0 Å².